The van der Waals surface area contributed by atoms with Gasteiger partial charge in [-0.1, -0.05) is 0 Å². The Morgan fingerprint density at radius 3 is 2.04 bits per heavy atom. The zero-order chi connectivity index (χ0) is 20.2. The Bertz CT molecular complexity index is 575. The lowest BCUT2D eigenvalue weighted by molar-refractivity contribution is -0.414. The number of nitrogens with one attached hydrogen (secondary N) is 2. The van der Waals surface area contributed by atoms with Gasteiger partial charge in [-0.05, 0) is 20.8 Å². The van der Waals surface area contributed by atoms with Gasteiger partial charge in [0.25, 0.3) is 5.79 Å². The molecule has 2 rings (SSSR count). The molecule has 0 amide bonds. The minimum Gasteiger partial charge on any atom is -0.449 e. The molecule has 0 aliphatic carbocycles. The molecule has 2 unspecified atom stereocenters. The molecular weight excluding hydrogens is 374 g/mol. The van der Waals surface area contributed by atoms with E-state index in [0.29, 0.717) is 6.67 Å². The predicted octanol–water partition coefficient (Wildman–Crippen LogP) is 1.78. The summed E-state index contributed by atoms with van der Waals surface area (Å²) in [5, 5.41) is 15.2. The molecule has 0 aromatic heterocycles. The molecule has 2 aliphatic rings. The lowest BCUT2D eigenvalue weighted by Crippen LogP contribution is -2.77. The van der Waals surface area contributed by atoms with E-state index in [4.69, 9.17) is 0 Å². The predicted molar refractivity (Wildman–Crippen MR) is 74.4 cm³/mol. The Morgan fingerprint density at radius 1 is 1.12 bits per heavy atom. The van der Waals surface area contributed by atoms with Crippen molar-refractivity contribution in [2.24, 2.45) is 5.41 Å². The zero-order valence-corrected chi connectivity index (χ0v) is 14.3. The average molecular weight is 394 g/mol. The molecule has 2 aliphatic heterocycles. The molecule has 0 saturated carbocycles. The van der Waals surface area contributed by atoms with E-state index in [1.165, 1.54) is 20.8 Å². The van der Waals surface area contributed by atoms with Crippen LogP contribution in [0, 0.1) is 5.41 Å². The van der Waals surface area contributed by atoms with E-state index in [1.54, 1.807) is 0 Å². The molecule has 26 heavy (non-hydrogen) atoms. The second-order valence-electron chi connectivity index (χ2n) is 7.22. The summed E-state index contributed by atoms with van der Waals surface area (Å²) in [6, 6.07) is 0. The third-order valence-corrected chi connectivity index (χ3v) is 5.26. The van der Waals surface area contributed by atoms with Crippen molar-refractivity contribution in [2.45, 2.75) is 63.0 Å². The summed E-state index contributed by atoms with van der Waals surface area (Å²) in [5.74, 6) is -5.43. The summed E-state index contributed by atoms with van der Waals surface area (Å²) < 4.78 is 88.6. The number of aliphatic hydroxyl groups is 1. The van der Waals surface area contributed by atoms with Crippen molar-refractivity contribution in [1.29, 1.82) is 0 Å². The topological polar surface area (TPSA) is 79.8 Å². The standard InChI is InChI=1S/C14H20F6N2O4/c1-9(2,10(3)21-7-22-10)8(23)26-11(13(15,16)17)4-5-25-12(24,6-11)14(18,19)20/h21-22,24H,4-7H2,1-3H3. The third kappa shape index (κ3) is 3.16. The highest BCUT2D eigenvalue weighted by molar-refractivity contribution is 5.78. The first-order valence-electron chi connectivity index (χ1n) is 7.73. The number of carbonyl (C=O) groups excluding carboxylic acids is 1. The quantitative estimate of drug-likeness (QED) is 0.500. The van der Waals surface area contributed by atoms with Crippen LogP contribution in [0.15, 0.2) is 0 Å². The van der Waals surface area contributed by atoms with Crippen LogP contribution >= 0.6 is 0 Å². The van der Waals surface area contributed by atoms with Crippen LogP contribution in [-0.4, -0.2) is 53.8 Å². The van der Waals surface area contributed by atoms with Crippen LogP contribution in [0.2, 0.25) is 0 Å². The maximum atomic E-state index is 13.6. The number of hydrogen-bond donors (Lipinski definition) is 3. The molecule has 2 heterocycles. The van der Waals surface area contributed by atoms with Crippen molar-refractivity contribution in [3.63, 3.8) is 0 Å². The van der Waals surface area contributed by atoms with E-state index in [-0.39, 0.29) is 0 Å². The van der Waals surface area contributed by atoms with E-state index in [1.807, 2.05) is 0 Å². The summed E-state index contributed by atoms with van der Waals surface area (Å²) in [6.45, 7) is 3.33. The second-order valence-corrected chi connectivity index (χ2v) is 7.22. The van der Waals surface area contributed by atoms with Gasteiger partial charge in [0, 0.05) is 13.1 Å². The van der Waals surface area contributed by atoms with Gasteiger partial charge in [0.2, 0.25) is 5.60 Å². The lowest BCUT2D eigenvalue weighted by atomic mass is 9.77. The summed E-state index contributed by atoms with van der Waals surface area (Å²) in [6.07, 6.45) is -13.9. The maximum Gasteiger partial charge on any atom is 0.443 e. The molecule has 2 atom stereocenters. The molecule has 12 heteroatoms. The highest BCUT2D eigenvalue weighted by Crippen LogP contribution is 2.51. The first-order chi connectivity index (χ1) is 11.5. The van der Waals surface area contributed by atoms with E-state index >= 15 is 0 Å². The summed E-state index contributed by atoms with van der Waals surface area (Å²) >= 11 is 0. The molecule has 0 radical (unpaired) electrons. The number of carbonyl (C=O) groups is 1. The van der Waals surface area contributed by atoms with Crippen LogP contribution in [0.3, 0.4) is 0 Å². The Labute approximate surface area is 145 Å². The van der Waals surface area contributed by atoms with E-state index in [9.17, 15) is 36.2 Å². The van der Waals surface area contributed by atoms with Crippen LogP contribution in [0.4, 0.5) is 26.3 Å². The number of rotatable bonds is 3. The Balaban J connectivity index is 2.35. The number of esters is 1. The number of ether oxygens (including phenoxy) is 2. The molecule has 0 aromatic rings. The van der Waals surface area contributed by atoms with Crippen LogP contribution in [-0.2, 0) is 14.3 Å². The SMILES string of the molecule is CC1(C(C)(C)C(=O)OC2(C(F)(F)F)CCOC(O)(C(F)(F)F)C2)NCN1. The molecule has 3 N–H and O–H groups in total. The second kappa shape index (κ2) is 5.94. The number of hydrogen-bond acceptors (Lipinski definition) is 6. The highest BCUT2D eigenvalue weighted by atomic mass is 19.4. The minimum absolute atomic E-state index is 0.305. The van der Waals surface area contributed by atoms with Crippen LogP contribution in [0.5, 0.6) is 0 Å². The fraction of sp³-hybridized carbons (Fsp3) is 0.929. The van der Waals surface area contributed by atoms with E-state index in [0.717, 1.165) is 0 Å². The Hall–Kier alpha value is -1.11. The molecule has 152 valence electrons. The molecule has 6 nitrogen and oxygen atoms in total. The largest absolute Gasteiger partial charge is 0.449 e. The van der Waals surface area contributed by atoms with Crippen molar-refractivity contribution >= 4 is 5.97 Å². The van der Waals surface area contributed by atoms with Crippen molar-refractivity contribution in [2.75, 3.05) is 13.3 Å². The van der Waals surface area contributed by atoms with Crippen LogP contribution in [0.1, 0.15) is 33.6 Å². The summed E-state index contributed by atoms with van der Waals surface area (Å²) in [7, 11) is 0. The van der Waals surface area contributed by atoms with Gasteiger partial charge in [0.05, 0.1) is 24.1 Å². The highest BCUT2D eigenvalue weighted by Gasteiger charge is 2.70. The van der Waals surface area contributed by atoms with Gasteiger partial charge in [-0.15, -0.1) is 0 Å². The van der Waals surface area contributed by atoms with Crippen molar-refractivity contribution in [3.8, 4) is 0 Å². The normalized spacial score (nSPS) is 32.7. The molecule has 2 fully saturated rings. The minimum atomic E-state index is -5.49. The first-order valence-corrected chi connectivity index (χ1v) is 7.73. The fourth-order valence-electron chi connectivity index (χ4n) is 2.78. The smallest absolute Gasteiger partial charge is 0.443 e. The van der Waals surface area contributed by atoms with Gasteiger partial charge in [-0.25, -0.2) is 0 Å². The molecule has 0 bridgehead atoms. The monoisotopic (exact) mass is 394 g/mol. The summed E-state index contributed by atoms with van der Waals surface area (Å²) in [5.41, 5.74) is -6.16. The van der Waals surface area contributed by atoms with Gasteiger partial charge in [0.1, 0.15) is 0 Å². The van der Waals surface area contributed by atoms with Gasteiger partial charge in [-0.2, -0.15) is 26.3 Å². The zero-order valence-electron chi connectivity index (χ0n) is 14.3. The van der Waals surface area contributed by atoms with E-state index < -0.39 is 60.2 Å². The van der Waals surface area contributed by atoms with Crippen LogP contribution in [0.25, 0.3) is 0 Å². The number of halogens is 6. The molecule has 2 saturated heterocycles. The lowest BCUT2D eigenvalue weighted by Gasteiger charge is -2.52. The maximum absolute atomic E-state index is 13.6. The van der Waals surface area contributed by atoms with Gasteiger partial charge >= 0.3 is 18.3 Å². The molecule has 0 aromatic carbocycles. The Morgan fingerprint density at radius 2 is 1.65 bits per heavy atom. The van der Waals surface area contributed by atoms with Gasteiger partial charge in [0.15, 0.2) is 0 Å². The van der Waals surface area contributed by atoms with Gasteiger partial charge in [-0.3, -0.25) is 15.4 Å². The number of alkyl halides is 6. The first kappa shape index (κ1) is 21.2. The Kier molecular flexibility index (Phi) is 4.84. The van der Waals surface area contributed by atoms with Crippen LogP contribution < -0.4 is 10.6 Å². The molecular formula is C14H20F6N2O4. The van der Waals surface area contributed by atoms with E-state index in [2.05, 4.69) is 20.1 Å². The third-order valence-electron chi connectivity index (χ3n) is 5.26. The van der Waals surface area contributed by atoms with Crippen molar-refractivity contribution in [3.05, 3.63) is 0 Å². The van der Waals surface area contributed by atoms with Crippen molar-refractivity contribution < 1.29 is 45.7 Å². The molecule has 0 spiro atoms. The summed E-state index contributed by atoms with van der Waals surface area (Å²) in [4.78, 5) is 12.5. The average Bonchev–Trinajstić information content (AvgIpc) is 2.42. The van der Waals surface area contributed by atoms with Gasteiger partial charge < -0.3 is 14.6 Å². The fourth-order valence-corrected chi connectivity index (χ4v) is 2.78. The van der Waals surface area contributed by atoms with Crippen molar-refractivity contribution in [1.82, 2.24) is 10.6 Å².